The SMILES string of the molecule is C[C@@H]1CCC[C@H](NC(=O)c2cc([N+](=O)[O-])c[nH]c2=O)C1. The number of hydrogen-bond donors (Lipinski definition) is 2. The summed E-state index contributed by atoms with van der Waals surface area (Å²) in [7, 11) is 0. The highest BCUT2D eigenvalue weighted by Crippen LogP contribution is 2.23. The van der Waals surface area contributed by atoms with E-state index < -0.39 is 16.4 Å². The van der Waals surface area contributed by atoms with Crippen LogP contribution in [0.5, 0.6) is 0 Å². The zero-order valence-corrected chi connectivity index (χ0v) is 11.2. The smallest absolute Gasteiger partial charge is 0.286 e. The standard InChI is InChI=1S/C13H17N3O4/c1-8-3-2-4-9(5-8)15-13(18)11-6-10(16(19)20)7-14-12(11)17/h6-9H,2-5H2,1H3,(H,14,17)(H,15,18)/t8-,9+/m1/s1. The molecule has 1 aliphatic rings. The Labute approximate surface area is 115 Å². The Balaban J connectivity index is 2.14. The van der Waals surface area contributed by atoms with Gasteiger partial charge in [-0.15, -0.1) is 0 Å². The monoisotopic (exact) mass is 279 g/mol. The maximum Gasteiger partial charge on any atom is 0.286 e. The predicted octanol–water partition coefficient (Wildman–Crippen LogP) is 1.59. The lowest BCUT2D eigenvalue weighted by atomic mass is 9.87. The molecule has 2 atom stereocenters. The third-order valence-corrected chi connectivity index (χ3v) is 3.62. The zero-order valence-electron chi connectivity index (χ0n) is 11.2. The van der Waals surface area contributed by atoms with Gasteiger partial charge in [0, 0.05) is 12.1 Å². The summed E-state index contributed by atoms with van der Waals surface area (Å²) in [6.07, 6.45) is 4.92. The minimum absolute atomic E-state index is 0.0323. The van der Waals surface area contributed by atoms with Gasteiger partial charge >= 0.3 is 0 Å². The number of nitro groups is 1. The number of nitrogens with one attached hydrogen (secondary N) is 2. The van der Waals surface area contributed by atoms with Crippen LogP contribution >= 0.6 is 0 Å². The molecule has 7 nitrogen and oxygen atoms in total. The Morgan fingerprint density at radius 3 is 2.90 bits per heavy atom. The molecule has 1 saturated carbocycles. The predicted molar refractivity (Wildman–Crippen MR) is 72.6 cm³/mol. The van der Waals surface area contributed by atoms with Crippen LogP contribution in [-0.2, 0) is 0 Å². The van der Waals surface area contributed by atoms with E-state index in [1.54, 1.807) is 0 Å². The highest BCUT2D eigenvalue weighted by molar-refractivity contribution is 5.94. The van der Waals surface area contributed by atoms with Crippen LogP contribution in [0.15, 0.2) is 17.1 Å². The molecule has 1 amide bonds. The van der Waals surface area contributed by atoms with Crippen molar-refractivity contribution in [3.05, 3.63) is 38.3 Å². The molecule has 0 bridgehead atoms. The second-order valence-corrected chi connectivity index (χ2v) is 5.30. The first-order valence-electron chi connectivity index (χ1n) is 6.65. The highest BCUT2D eigenvalue weighted by Gasteiger charge is 2.23. The molecule has 1 fully saturated rings. The quantitative estimate of drug-likeness (QED) is 0.647. The second-order valence-electron chi connectivity index (χ2n) is 5.30. The molecular formula is C13H17N3O4. The van der Waals surface area contributed by atoms with Gasteiger partial charge in [0.15, 0.2) is 0 Å². The number of hydrogen-bond acceptors (Lipinski definition) is 4. The number of aromatic amines is 1. The molecule has 2 rings (SSSR count). The molecule has 7 heteroatoms. The van der Waals surface area contributed by atoms with Crippen molar-refractivity contribution in [3.8, 4) is 0 Å². The van der Waals surface area contributed by atoms with E-state index in [2.05, 4.69) is 17.2 Å². The lowest BCUT2D eigenvalue weighted by molar-refractivity contribution is -0.385. The number of carbonyl (C=O) groups excluding carboxylic acids is 1. The van der Waals surface area contributed by atoms with Crippen molar-refractivity contribution in [2.75, 3.05) is 0 Å². The number of rotatable bonds is 3. The van der Waals surface area contributed by atoms with E-state index in [-0.39, 0.29) is 17.3 Å². The minimum atomic E-state index is -0.643. The Bertz CT molecular complexity index is 581. The maximum atomic E-state index is 12.1. The molecule has 0 aromatic carbocycles. The molecule has 1 aromatic heterocycles. The first-order valence-corrected chi connectivity index (χ1v) is 6.65. The lowest BCUT2D eigenvalue weighted by Crippen LogP contribution is -2.40. The minimum Gasteiger partial charge on any atom is -0.349 e. The number of nitrogens with zero attached hydrogens (tertiary/aromatic N) is 1. The molecule has 0 unspecified atom stereocenters. The van der Waals surface area contributed by atoms with Gasteiger partial charge in [0.1, 0.15) is 5.56 Å². The van der Waals surface area contributed by atoms with Gasteiger partial charge in [-0.2, -0.15) is 0 Å². The fraction of sp³-hybridized carbons (Fsp3) is 0.538. The number of aromatic nitrogens is 1. The third kappa shape index (κ3) is 3.23. The molecule has 1 aromatic rings. The fourth-order valence-corrected chi connectivity index (χ4v) is 2.57. The average Bonchev–Trinajstić information content (AvgIpc) is 2.38. The number of pyridine rings is 1. The van der Waals surface area contributed by atoms with Crippen LogP contribution in [0.2, 0.25) is 0 Å². The topological polar surface area (TPSA) is 105 Å². The first kappa shape index (κ1) is 14.2. The summed E-state index contributed by atoms with van der Waals surface area (Å²) < 4.78 is 0. The van der Waals surface area contributed by atoms with Crippen LogP contribution < -0.4 is 10.9 Å². The van der Waals surface area contributed by atoms with Crippen molar-refractivity contribution in [1.82, 2.24) is 10.3 Å². The van der Waals surface area contributed by atoms with Crippen LogP contribution in [-0.4, -0.2) is 21.9 Å². The summed E-state index contributed by atoms with van der Waals surface area (Å²) in [6, 6.07) is 1.05. The third-order valence-electron chi connectivity index (χ3n) is 3.62. The zero-order chi connectivity index (χ0) is 14.7. The fourth-order valence-electron chi connectivity index (χ4n) is 2.57. The van der Waals surface area contributed by atoms with Crippen LogP contribution in [0, 0.1) is 16.0 Å². The molecule has 1 heterocycles. The Morgan fingerprint density at radius 1 is 1.50 bits per heavy atom. The van der Waals surface area contributed by atoms with Crippen LogP contribution in [0.1, 0.15) is 43.0 Å². The van der Waals surface area contributed by atoms with E-state index in [0.29, 0.717) is 5.92 Å². The van der Waals surface area contributed by atoms with Gasteiger partial charge in [-0.05, 0) is 18.8 Å². The molecule has 20 heavy (non-hydrogen) atoms. The van der Waals surface area contributed by atoms with Gasteiger partial charge in [0.2, 0.25) is 0 Å². The first-order chi connectivity index (χ1) is 9.47. The molecule has 0 radical (unpaired) electrons. The van der Waals surface area contributed by atoms with Crippen molar-refractivity contribution in [2.24, 2.45) is 5.92 Å². The van der Waals surface area contributed by atoms with Gasteiger partial charge < -0.3 is 10.3 Å². The normalized spacial score (nSPS) is 22.2. The van der Waals surface area contributed by atoms with E-state index in [4.69, 9.17) is 0 Å². The average molecular weight is 279 g/mol. The summed E-state index contributed by atoms with van der Waals surface area (Å²) in [5.41, 5.74) is -1.12. The molecule has 1 aliphatic carbocycles. The summed E-state index contributed by atoms with van der Waals surface area (Å²) in [6.45, 7) is 2.12. The number of amides is 1. The van der Waals surface area contributed by atoms with Gasteiger partial charge in [0.25, 0.3) is 17.2 Å². The van der Waals surface area contributed by atoms with E-state index in [9.17, 15) is 19.7 Å². The van der Waals surface area contributed by atoms with Crippen LogP contribution in [0.4, 0.5) is 5.69 Å². The highest BCUT2D eigenvalue weighted by atomic mass is 16.6. The largest absolute Gasteiger partial charge is 0.349 e. The summed E-state index contributed by atoms with van der Waals surface area (Å²) in [4.78, 5) is 35.9. The number of H-pyrrole nitrogens is 1. The summed E-state index contributed by atoms with van der Waals surface area (Å²) in [5.74, 6) is -0.00788. The molecule has 108 valence electrons. The molecule has 0 saturated heterocycles. The Morgan fingerprint density at radius 2 is 2.25 bits per heavy atom. The van der Waals surface area contributed by atoms with Crippen molar-refractivity contribution in [3.63, 3.8) is 0 Å². The lowest BCUT2D eigenvalue weighted by Gasteiger charge is -2.27. The molecule has 0 spiro atoms. The molecule has 2 N–H and O–H groups in total. The van der Waals surface area contributed by atoms with Crippen molar-refractivity contribution in [1.29, 1.82) is 0 Å². The van der Waals surface area contributed by atoms with Gasteiger partial charge in [-0.3, -0.25) is 19.7 Å². The van der Waals surface area contributed by atoms with E-state index in [1.165, 1.54) is 0 Å². The molecule has 0 aliphatic heterocycles. The maximum absolute atomic E-state index is 12.1. The summed E-state index contributed by atoms with van der Waals surface area (Å²) in [5, 5.41) is 13.5. The van der Waals surface area contributed by atoms with E-state index in [1.807, 2.05) is 0 Å². The van der Waals surface area contributed by atoms with Gasteiger partial charge in [-0.1, -0.05) is 19.8 Å². The Kier molecular flexibility index (Phi) is 4.16. The van der Waals surface area contributed by atoms with Crippen molar-refractivity contribution >= 4 is 11.6 Å². The van der Waals surface area contributed by atoms with E-state index >= 15 is 0 Å². The van der Waals surface area contributed by atoms with Gasteiger partial charge in [0.05, 0.1) is 11.1 Å². The van der Waals surface area contributed by atoms with Crippen LogP contribution in [0.3, 0.4) is 0 Å². The molecular weight excluding hydrogens is 262 g/mol. The number of carbonyl (C=O) groups is 1. The van der Waals surface area contributed by atoms with Gasteiger partial charge in [-0.25, -0.2) is 0 Å². The van der Waals surface area contributed by atoms with Crippen molar-refractivity contribution < 1.29 is 9.72 Å². The summed E-state index contributed by atoms with van der Waals surface area (Å²) >= 11 is 0. The Hall–Kier alpha value is -2.18. The van der Waals surface area contributed by atoms with Crippen LogP contribution in [0.25, 0.3) is 0 Å². The van der Waals surface area contributed by atoms with Crippen molar-refractivity contribution in [2.45, 2.75) is 38.6 Å². The second kappa shape index (κ2) is 5.85. The van der Waals surface area contributed by atoms with E-state index in [0.717, 1.165) is 37.9 Å².